The highest BCUT2D eigenvalue weighted by Gasteiger charge is 1.99. The molecule has 0 radical (unpaired) electrons. The molecule has 16 heavy (non-hydrogen) atoms. The highest BCUT2D eigenvalue weighted by atomic mass is 16.7. The summed E-state index contributed by atoms with van der Waals surface area (Å²) in [5, 5.41) is 0. The summed E-state index contributed by atoms with van der Waals surface area (Å²) in [7, 11) is 0. The van der Waals surface area contributed by atoms with Gasteiger partial charge in [0.2, 0.25) is 0 Å². The minimum atomic E-state index is -0.724. The summed E-state index contributed by atoms with van der Waals surface area (Å²) in [6.45, 7) is 4.06. The van der Waals surface area contributed by atoms with E-state index in [0.29, 0.717) is 0 Å². The van der Waals surface area contributed by atoms with Crippen LogP contribution in [0.3, 0.4) is 0 Å². The molecule has 0 aliphatic heterocycles. The molecule has 0 spiro atoms. The predicted octanol–water partition coefficient (Wildman–Crippen LogP) is 1.89. The zero-order valence-corrected chi connectivity index (χ0v) is 9.43. The van der Waals surface area contributed by atoms with Crippen LogP contribution in [0.5, 0.6) is 0 Å². The van der Waals surface area contributed by atoms with E-state index in [2.05, 4.69) is 18.9 Å². The fourth-order valence-electron chi connectivity index (χ4n) is 0.687. The summed E-state index contributed by atoms with van der Waals surface area (Å²) in [5.41, 5.74) is 0. The van der Waals surface area contributed by atoms with Crippen molar-refractivity contribution in [3.05, 3.63) is 12.2 Å². The van der Waals surface area contributed by atoms with Crippen LogP contribution in [-0.4, -0.2) is 38.7 Å². The minimum Gasteiger partial charge on any atom is -0.435 e. The van der Waals surface area contributed by atoms with Gasteiger partial charge in [0.25, 0.3) is 0 Å². The van der Waals surface area contributed by atoms with Gasteiger partial charge >= 0.3 is 12.3 Å². The maximum Gasteiger partial charge on any atom is 0.508 e. The molecule has 0 fully saturated rings. The van der Waals surface area contributed by atoms with E-state index in [1.807, 2.05) is 0 Å². The highest BCUT2D eigenvalue weighted by Crippen LogP contribution is 1.88. The lowest BCUT2D eigenvalue weighted by Crippen LogP contribution is -2.08. The van der Waals surface area contributed by atoms with E-state index in [0.717, 1.165) is 0 Å². The molecule has 0 amide bonds. The number of ether oxygens (including phenoxy) is 4. The molecule has 0 unspecified atom stereocenters. The van der Waals surface area contributed by atoms with Crippen LogP contribution in [0.2, 0.25) is 0 Å². The zero-order chi connectivity index (χ0) is 12.2. The Kier molecular flexibility index (Phi) is 8.76. The summed E-state index contributed by atoms with van der Waals surface area (Å²) in [6, 6.07) is 0. The molecular weight excluding hydrogens is 216 g/mol. The van der Waals surface area contributed by atoms with Gasteiger partial charge in [0.15, 0.2) is 0 Å². The van der Waals surface area contributed by atoms with Crippen molar-refractivity contribution in [1.29, 1.82) is 0 Å². The lowest BCUT2D eigenvalue weighted by molar-refractivity contribution is 0.0639. The van der Waals surface area contributed by atoms with Crippen molar-refractivity contribution in [1.82, 2.24) is 0 Å². The van der Waals surface area contributed by atoms with Crippen LogP contribution in [0.1, 0.15) is 13.8 Å². The second-order valence-electron chi connectivity index (χ2n) is 2.46. The minimum absolute atomic E-state index is 0.0744. The van der Waals surface area contributed by atoms with E-state index in [1.54, 1.807) is 13.8 Å². The molecule has 0 saturated heterocycles. The molecule has 0 bridgehead atoms. The molecule has 6 nitrogen and oxygen atoms in total. The van der Waals surface area contributed by atoms with Crippen LogP contribution in [0.25, 0.3) is 0 Å². The van der Waals surface area contributed by atoms with Crippen molar-refractivity contribution in [2.75, 3.05) is 26.4 Å². The van der Waals surface area contributed by atoms with Gasteiger partial charge in [-0.1, -0.05) is 0 Å². The van der Waals surface area contributed by atoms with Gasteiger partial charge in [-0.15, -0.1) is 0 Å². The quantitative estimate of drug-likeness (QED) is 0.514. The summed E-state index contributed by atoms with van der Waals surface area (Å²) >= 11 is 0. The molecule has 6 heteroatoms. The molecule has 92 valence electrons. The number of hydrogen-bond acceptors (Lipinski definition) is 6. The van der Waals surface area contributed by atoms with Gasteiger partial charge < -0.3 is 18.9 Å². The monoisotopic (exact) mass is 232 g/mol. The Bertz CT molecular complexity index is 211. The maximum atomic E-state index is 10.7. The molecule has 0 heterocycles. The van der Waals surface area contributed by atoms with Gasteiger partial charge in [0, 0.05) is 0 Å². The molecule has 0 aliphatic carbocycles. The summed E-state index contributed by atoms with van der Waals surface area (Å²) in [5.74, 6) is 0. The van der Waals surface area contributed by atoms with Crippen LogP contribution in [0, 0.1) is 0 Å². The summed E-state index contributed by atoms with van der Waals surface area (Å²) < 4.78 is 18.3. The Morgan fingerprint density at radius 2 is 1.19 bits per heavy atom. The SMILES string of the molecule is CCOC(=O)OC/C=C\COC(=O)OCC. The van der Waals surface area contributed by atoms with Crippen molar-refractivity contribution in [3.63, 3.8) is 0 Å². The molecule has 0 aromatic heterocycles. The fourth-order valence-corrected chi connectivity index (χ4v) is 0.687. The van der Waals surface area contributed by atoms with Crippen molar-refractivity contribution in [2.24, 2.45) is 0 Å². The predicted molar refractivity (Wildman–Crippen MR) is 55.1 cm³/mol. The van der Waals surface area contributed by atoms with Crippen LogP contribution < -0.4 is 0 Å². The van der Waals surface area contributed by atoms with E-state index in [4.69, 9.17) is 0 Å². The second-order valence-corrected chi connectivity index (χ2v) is 2.46. The number of carbonyl (C=O) groups excluding carboxylic acids is 2. The summed E-state index contributed by atoms with van der Waals surface area (Å²) in [4.78, 5) is 21.4. The average molecular weight is 232 g/mol. The molecule has 0 aromatic rings. The smallest absolute Gasteiger partial charge is 0.435 e. The van der Waals surface area contributed by atoms with Crippen LogP contribution in [-0.2, 0) is 18.9 Å². The molecule has 0 saturated carbocycles. The Morgan fingerprint density at radius 3 is 1.50 bits per heavy atom. The third kappa shape index (κ3) is 8.86. The van der Waals surface area contributed by atoms with Crippen molar-refractivity contribution in [2.45, 2.75) is 13.8 Å². The third-order valence-electron chi connectivity index (χ3n) is 1.29. The van der Waals surface area contributed by atoms with Gasteiger partial charge in [-0.05, 0) is 26.0 Å². The van der Waals surface area contributed by atoms with E-state index < -0.39 is 12.3 Å². The van der Waals surface area contributed by atoms with Gasteiger partial charge in [-0.3, -0.25) is 0 Å². The van der Waals surface area contributed by atoms with E-state index in [9.17, 15) is 9.59 Å². The van der Waals surface area contributed by atoms with Gasteiger partial charge in [-0.2, -0.15) is 0 Å². The van der Waals surface area contributed by atoms with E-state index in [1.165, 1.54) is 12.2 Å². The first-order valence-corrected chi connectivity index (χ1v) is 4.94. The van der Waals surface area contributed by atoms with E-state index >= 15 is 0 Å². The molecule has 0 N–H and O–H groups in total. The molecular formula is C10H16O6. The maximum absolute atomic E-state index is 10.7. The molecule has 0 aromatic carbocycles. The first kappa shape index (κ1) is 14.3. The lowest BCUT2D eigenvalue weighted by Gasteiger charge is -2.01. The Labute approximate surface area is 94.1 Å². The Hall–Kier alpha value is -1.72. The van der Waals surface area contributed by atoms with Crippen LogP contribution >= 0.6 is 0 Å². The zero-order valence-electron chi connectivity index (χ0n) is 9.43. The highest BCUT2D eigenvalue weighted by molar-refractivity contribution is 5.60. The first-order valence-electron chi connectivity index (χ1n) is 4.94. The largest absolute Gasteiger partial charge is 0.508 e. The molecule has 0 atom stereocenters. The average Bonchev–Trinajstić information content (AvgIpc) is 2.24. The fraction of sp³-hybridized carbons (Fsp3) is 0.600. The van der Waals surface area contributed by atoms with Gasteiger partial charge in [-0.25, -0.2) is 9.59 Å². The number of rotatable bonds is 6. The number of hydrogen-bond donors (Lipinski definition) is 0. The second kappa shape index (κ2) is 9.82. The third-order valence-corrected chi connectivity index (χ3v) is 1.29. The lowest BCUT2D eigenvalue weighted by atomic mass is 10.5. The van der Waals surface area contributed by atoms with Gasteiger partial charge in [0.1, 0.15) is 13.2 Å². The topological polar surface area (TPSA) is 71.1 Å². The number of carbonyl (C=O) groups is 2. The summed E-state index contributed by atoms with van der Waals surface area (Å²) in [6.07, 6.45) is 1.63. The van der Waals surface area contributed by atoms with Crippen molar-refractivity contribution in [3.8, 4) is 0 Å². The van der Waals surface area contributed by atoms with Crippen molar-refractivity contribution < 1.29 is 28.5 Å². The normalized spacial score (nSPS) is 9.88. The molecule has 0 rings (SSSR count). The van der Waals surface area contributed by atoms with Crippen molar-refractivity contribution >= 4 is 12.3 Å². The van der Waals surface area contributed by atoms with Gasteiger partial charge in [0.05, 0.1) is 13.2 Å². The molecule has 0 aliphatic rings. The Morgan fingerprint density at radius 1 is 0.812 bits per heavy atom. The standard InChI is InChI=1S/C10H16O6/c1-3-13-9(11)15-7-5-6-8-16-10(12)14-4-2/h5-6H,3-4,7-8H2,1-2H3/b6-5-. The van der Waals surface area contributed by atoms with E-state index in [-0.39, 0.29) is 26.4 Å². The van der Waals surface area contributed by atoms with Crippen LogP contribution in [0.15, 0.2) is 12.2 Å². The van der Waals surface area contributed by atoms with Crippen LogP contribution in [0.4, 0.5) is 9.59 Å². The Balaban J connectivity index is 3.41. The first-order chi connectivity index (χ1) is 7.70.